The maximum Gasteiger partial charge on any atom is 0.253 e. The normalized spacial score (nSPS) is 10.1. The third-order valence-electron chi connectivity index (χ3n) is 2.30. The van der Waals surface area contributed by atoms with Crippen LogP contribution in [0.3, 0.4) is 0 Å². The zero-order valence-electron chi connectivity index (χ0n) is 9.51. The van der Waals surface area contributed by atoms with Crippen LogP contribution in [0.15, 0.2) is 12.1 Å². The summed E-state index contributed by atoms with van der Waals surface area (Å²) in [4.78, 5) is 13.4. The van der Waals surface area contributed by atoms with Gasteiger partial charge in [0.05, 0.1) is 0 Å². The molecule has 2 heteroatoms. The Morgan fingerprint density at radius 3 is 1.86 bits per heavy atom. The minimum absolute atomic E-state index is 0.0833. The van der Waals surface area contributed by atoms with E-state index in [0.717, 1.165) is 16.7 Å². The Labute approximate surface area is 85.5 Å². The van der Waals surface area contributed by atoms with E-state index in [1.165, 1.54) is 5.56 Å². The molecule has 1 aromatic carbocycles. The molecule has 0 saturated heterocycles. The van der Waals surface area contributed by atoms with Crippen LogP contribution >= 0.6 is 0 Å². The van der Waals surface area contributed by atoms with Gasteiger partial charge in [-0.2, -0.15) is 0 Å². The highest BCUT2D eigenvalue weighted by molar-refractivity contribution is 5.96. The lowest BCUT2D eigenvalue weighted by atomic mass is 9.99. The molecule has 0 spiro atoms. The van der Waals surface area contributed by atoms with Gasteiger partial charge >= 0.3 is 0 Å². The van der Waals surface area contributed by atoms with Gasteiger partial charge in [-0.1, -0.05) is 17.7 Å². The van der Waals surface area contributed by atoms with Crippen molar-refractivity contribution in [3.8, 4) is 0 Å². The molecule has 0 aliphatic carbocycles. The fourth-order valence-electron chi connectivity index (χ4n) is 1.74. The van der Waals surface area contributed by atoms with E-state index >= 15 is 0 Å². The van der Waals surface area contributed by atoms with E-state index in [9.17, 15) is 4.79 Å². The van der Waals surface area contributed by atoms with E-state index in [1.807, 2.05) is 32.9 Å². The zero-order chi connectivity index (χ0) is 10.9. The van der Waals surface area contributed by atoms with Gasteiger partial charge in [-0.3, -0.25) is 4.79 Å². The summed E-state index contributed by atoms with van der Waals surface area (Å²) >= 11 is 0. The third-order valence-corrected chi connectivity index (χ3v) is 2.30. The van der Waals surface area contributed by atoms with E-state index in [0.29, 0.717) is 0 Å². The monoisotopic (exact) mass is 191 g/mol. The first kappa shape index (κ1) is 10.8. The van der Waals surface area contributed by atoms with E-state index in [4.69, 9.17) is 0 Å². The molecule has 0 aliphatic heterocycles. The minimum atomic E-state index is 0.0833. The number of hydrogen-bond donors (Lipinski definition) is 0. The van der Waals surface area contributed by atoms with Gasteiger partial charge in [0.25, 0.3) is 5.91 Å². The fourth-order valence-corrected chi connectivity index (χ4v) is 1.74. The second kappa shape index (κ2) is 3.82. The summed E-state index contributed by atoms with van der Waals surface area (Å²) in [6.45, 7) is 6.01. The lowest BCUT2D eigenvalue weighted by molar-refractivity contribution is 0.0826. The van der Waals surface area contributed by atoms with Crippen LogP contribution in [-0.2, 0) is 0 Å². The van der Waals surface area contributed by atoms with Crippen molar-refractivity contribution < 1.29 is 4.79 Å². The summed E-state index contributed by atoms with van der Waals surface area (Å²) in [7, 11) is 3.56. The summed E-state index contributed by atoms with van der Waals surface area (Å²) in [5.41, 5.74) is 4.15. The van der Waals surface area contributed by atoms with Crippen LogP contribution < -0.4 is 0 Å². The lowest BCUT2D eigenvalue weighted by Gasteiger charge is -2.15. The van der Waals surface area contributed by atoms with Gasteiger partial charge in [-0.15, -0.1) is 0 Å². The number of carbonyl (C=O) groups excluding carboxylic acids is 1. The van der Waals surface area contributed by atoms with Gasteiger partial charge in [0, 0.05) is 19.7 Å². The van der Waals surface area contributed by atoms with Gasteiger partial charge < -0.3 is 4.90 Å². The van der Waals surface area contributed by atoms with Crippen LogP contribution in [0.4, 0.5) is 0 Å². The SMILES string of the molecule is Cc1cc(C)c(C(=O)N(C)C)c(C)c1. The molecule has 0 bridgehead atoms. The molecular weight excluding hydrogens is 174 g/mol. The van der Waals surface area contributed by atoms with E-state index in [2.05, 4.69) is 0 Å². The second-order valence-corrected chi connectivity index (χ2v) is 3.97. The predicted octanol–water partition coefficient (Wildman–Crippen LogP) is 2.31. The van der Waals surface area contributed by atoms with Crippen molar-refractivity contribution in [3.63, 3.8) is 0 Å². The van der Waals surface area contributed by atoms with Crippen LogP contribution in [-0.4, -0.2) is 24.9 Å². The van der Waals surface area contributed by atoms with Crippen molar-refractivity contribution in [2.45, 2.75) is 20.8 Å². The molecule has 0 fully saturated rings. The Bertz CT molecular complexity index is 344. The molecule has 0 radical (unpaired) electrons. The largest absolute Gasteiger partial charge is 0.345 e. The van der Waals surface area contributed by atoms with Gasteiger partial charge in [-0.25, -0.2) is 0 Å². The molecule has 76 valence electrons. The highest BCUT2D eigenvalue weighted by Gasteiger charge is 2.13. The molecule has 14 heavy (non-hydrogen) atoms. The van der Waals surface area contributed by atoms with E-state index in [1.54, 1.807) is 19.0 Å². The first-order valence-corrected chi connectivity index (χ1v) is 4.73. The second-order valence-electron chi connectivity index (χ2n) is 3.97. The smallest absolute Gasteiger partial charge is 0.253 e. The first-order chi connectivity index (χ1) is 6.43. The van der Waals surface area contributed by atoms with Crippen LogP contribution in [0.1, 0.15) is 27.0 Å². The van der Waals surface area contributed by atoms with Crippen LogP contribution in [0.5, 0.6) is 0 Å². The quantitative estimate of drug-likeness (QED) is 0.667. The molecule has 0 saturated carbocycles. The van der Waals surface area contributed by atoms with Crippen LogP contribution in [0, 0.1) is 20.8 Å². The third kappa shape index (κ3) is 1.95. The average molecular weight is 191 g/mol. The topological polar surface area (TPSA) is 20.3 Å². The molecule has 0 unspecified atom stereocenters. The Morgan fingerprint density at radius 2 is 1.50 bits per heavy atom. The predicted molar refractivity (Wildman–Crippen MR) is 58.7 cm³/mol. The summed E-state index contributed by atoms with van der Waals surface area (Å²) in [5.74, 6) is 0.0833. The average Bonchev–Trinajstić information content (AvgIpc) is 2.01. The van der Waals surface area contributed by atoms with Gasteiger partial charge in [0.2, 0.25) is 0 Å². The molecule has 1 amide bonds. The summed E-state index contributed by atoms with van der Waals surface area (Å²) < 4.78 is 0. The van der Waals surface area contributed by atoms with Crippen molar-refractivity contribution >= 4 is 5.91 Å². The summed E-state index contributed by atoms with van der Waals surface area (Å²) in [5, 5.41) is 0. The Hall–Kier alpha value is -1.31. The summed E-state index contributed by atoms with van der Waals surface area (Å²) in [6, 6.07) is 4.09. The Balaban J connectivity index is 3.28. The molecule has 1 rings (SSSR count). The Kier molecular flexibility index (Phi) is 2.94. The molecule has 0 aromatic heterocycles. The molecule has 0 atom stereocenters. The maximum absolute atomic E-state index is 11.8. The van der Waals surface area contributed by atoms with Gasteiger partial charge in [0.15, 0.2) is 0 Å². The highest BCUT2D eigenvalue weighted by Crippen LogP contribution is 2.17. The van der Waals surface area contributed by atoms with Crippen molar-refractivity contribution in [1.82, 2.24) is 4.90 Å². The number of hydrogen-bond acceptors (Lipinski definition) is 1. The van der Waals surface area contributed by atoms with Crippen LogP contribution in [0.2, 0.25) is 0 Å². The number of rotatable bonds is 1. The number of amides is 1. The molecule has 0 heterocycles. The van der Waals surface area contributed by atoms with Crippen molar-refractivity contribution in [3.05, 3.63) is 34.4 Å². The minimum Gasteiger partial charge on any atom is -0.345 e. The van der Waals surface area contributed by atoms with E-state index < -0.39 is 0 Å². The molecule has 0 N–H and O–H groups in total. The molecule has 1 aromatic rings. The number of benzene rings is 1. The number of carbonyl (C=O) groups is 1. The van der Waals surface area contributed by atoms with Gasteiger partial charge in [-0.05, 0) is 31.9 Å². The van der Waals surface area contributed by atoms with E-state index in [-0.39, 0.29) is 5.91 Å². The maximum atomic E-state index is 11.8. The van der Waals surface area contributed by atoms with Crippen molar-refractivity contribution in [1.29, 1.82) is 0 Å². The van der Waals surface area contributed by atoms with Crippen molar-refractivity contribution in [2.75, 3.05) is 14.1 Å². The molecule has 2 nitrogen and oxygen atoms in total. The van der Waals surface area contributed by atoms with Gasteiger partial charge in [0.1, 0.15) is 0 Å². The number of nitrogens with zero attached hydrogens (tertiary/aromatic N) is 1. The van der Waals surface area contributed by atoms with Crippen LogP contribution in [0.25, 0.3) is 0 Å². The first-order valence-electron chi connectivity index (χ1n) is 4.73. The fraction of sp³-hybridized carbons (Fsp3) is 0.417. The Morgan fingerprint density at radius 1 is 1.07 bits per heavy atom. The standard InChI is InChI=1S/C12H17NO/c1-8-6-9(2)11(10(3)7-8)12(14)13(4)5/h6-7H,1-5H3. The number of aryl methyl sites for hydroxylation is 3. The molecule has 0 aliphatic rings. The summed E-state index contributed by atoms with van der Waals surface area (Å²) in [6.07, 6.45) is 0. The lowest BCUT2D eigenvalue weighted by Crippen LogP contribution is -2.23. The van der Waals surface area contributed by atoms with Crippen molar-refractivity contribution in [2.24, 2.45) is 0 Å². The zero-order valence-corrected chi connectivity index (χ0v) is 9.51. The molecular formula is C12H17NO. The highest BCUT2D eigenvalue weighted by atomic mass is 16.2.